The summed E-state index contributed by atoms with van der Waals surface area (Å²) >= 11 is 0. The molecule has 29 heavy (non-hydrogen) atoms. The Bertz CT molecular complexity index is 489. The molecule has 170 valence electrons. The molecule has 0 aromatic rings. The van der Waals surface area contributed by atoms with Crippen LogP contribution in [0.25, 0.3) is 0 Å². The lowest BCUT2D eigenvalue weighted by molar-refractivity contribution is -0.137. The Morgan fingerprint density at radius 1 is 0.793 bits per heavy atom. The van der Waals surface area contributed by atoms with E-state index < -0.39 is 0 Å². The first-order valence-electron chi connectivity index (χ1n) is 12.1. The summed E-state index contributed by atoms with van der Waals surface area (Å²) in [5.74, 6) is 1.37. The van der Waals surface area contributed by atoms with Crippen molar-refractivity contribution in [3.05, 3.63) is 0 Å². The van der Waals surface area contributed by atoms with Crippen molar-refractivity contribution < 1.29 is 9.47 Å². The molecular formula is C24H47N3O2. The second kappa shape index (κ2) is 9.95. The second-order valence-corrected chi connectivity index (χ2v) is 11.1. The Morgan fingerprint density at radius 2 is 1.28 bits per heavy atom. The third kappa shape index (κ3) is 5.17. The van der Waals surface area contributed by atoms with Crippen LogP contribution in [-0.2, 0) is 9.47 Å². The Labute approximate surface area is 179 Å². The molecule has 5 nitrogen and oxygen atoms in total. The first-order chi connectivity index (χ1) is 13.8. The molecule has 0 aromatic heterocycles. The fraction of sp³-hybridized carbons (Fsp3) is 1.00. The van der Waals surface area contributed by atoms with Crippen LogP contribution in [0.1, 0.15) is 54.4 Å². The van der Waals surface area contributed by atoms with Gasteiger partial charge in [0.1, 0.15) is 0 Å². The monoisotopic (exact) mass is 409 g/mol. The van der Waals surface area contributed by atoms with Gasteiger partial charge in [0.15, 0.2) is 0 Å². The number of piperidine rings is 1. The van der Waals surface area contributed by atoms with E-state index in [1.807, 2.05) is 0 Å². The van der Waals surface area contributed by atoms with E-state index in [0.717, 1.165) is 71.6 Å². The molecule has 3 unspecified atom stereocenters. The number of nitrogens with zero attached hydrogens (tertiary/aromatic N) is 2. The van der Waals surface area contributed by atoms with Crippen molar-refractivity contribution in [2.75, 3.05) is 65.7 Å². The Kier molecular flexibility index (Phi) is 8.05. The summed E-state index contributed by atoms with van der Waals surface area (Å²) in [6.07, 6.45) is 2.59. The lowest BCUT2D eigenvalue weighted by Gasteiger charge is -2.61. The van der Waals surface area contributed by atoms with E-state index >= 15 is 0 Å². The minimum atomic E-state index is 0.219. The highest BCUT2D eigenvalue weighted by Crippen LogP contribution is 2.51. The summed E-state index contributed by atoms with van der Waals surface area (Å²) in [6.45, 7) is 25.1. The molecule has 3 rings (SSSR count). The lowest BCUT2D eigenvalue weighted by Crippen LogP contribution is -2.68. The maximum Gasteiger partial charge on any atom is 0.0594 e. The topological polar surface area (TPSA) is 37.0 Å². The number of rotatable bonds is 6. The summed E-state index contributed by atoms with van der Waals surface area (Å²) in [6, 6.07) is 1.11. The summed E-state index contributed by atoms with van der Waals surface area (Å²) in [4.78, 5) is 5.58. The summed E-state index contributed by atoms with van der Waals surface area (Å²) in [5, 5.41) is 3.62. The normalized spacial score (nSPS) is 28.2. The van der Waals surface area contributed by atoms with Crippen molar-refractivity contribution in [1.82, 2.24) is 15.1 Å². The van der Waals surface area contributed by atoms with Crippen molar-refractivity contribution >= 4 is 0 Å². The molecule has 0 amide bonds. The molecule has 3 aliphatic rings. The minimum Gasteiger partial charge on any atom is -0.379 e. The number of hydrogen-bond acceptors (Lipinski definition) is 5. The average Bonchev–Trinajstić information content (AvgIpc) is 2.69. The Hall–Kier alpha value is -0.200. The highest BCUT2D eigenvalue weighted by Gasteiger charge is 2.55. The van der Waals surface area contributed by atoms with Crippen molar-refractivity contribution in [1.29, 1.82) is 0 Å². The van der Waals surface area contributed by atoms with Gasteiger partial charge in [0.2, 0.25) is 0 Å². The molecule has 0 aliphatic carbocycles. The van der Waals surface area contributed by atoms with Crippen LogP contribution in [0.5, 0.6) is 0 Å². The van der Waals surface area contributed by atoms with Gasteiger partial charge in [-0.3, -0.25) is 9.80 Å². The molecular weight excluding hydrogens is 362 g/mol. The van der Waals surface area contributed by atoms with Crippen molar-refractivity contribution in [2.45, 2.75) is 66.5 Å². The number of morpholine rings is 2. The van der Waals surface area contributed by atoms with E-state index in [2.05, 4.69) is 56.7 Å². The van der Waals surface area contributed by atoms with E-state index in [1.54, 1.807) is 0 Å². The third-order valence-corrected chi connectivity index (χ3v) is 7.75. The number of hydrogen-bond donors (Lipinski definition) is 1. The highest BCUT2D eigenvalue weighted by atomic mass is 16.5. The maximum atomic E-state index is 5.77. The van der Waals surface area contributed by atoms with Crippen molar-refractivity contribution in [3.8, 4) is 0 Å². The average molecular weight is 410 g/mol. The molecule has 5 heteroatoms. The van der Waals surface area contributed by atoms with Crippen LogP contribution in [0.3, 0.4) is 0 Å². The molecule has 1 N–H and O–H groups in total. The van der Waals surface area contributed by atoms with Gasteiger partial charge in [-0.25, -0.2) is 0 Å². The van der Waals surface area contributed by atoms with E-state index in [0.29, 0.717) is 18.0 Å². The SMILES string of the molecule is CC(C)C(N1CCOCC1)C(C)(C1CCNCC1)C(N1CCOCC1)C(C)(C)C. The van der Waals surface area contributed by atoms with E-state index in [-0.39, 0.29) is 10.8 Å². The number of ether oxygens (including phenoxy) is 2. The summed E-state index contributed by atoms with van der Waals surface area (Å²) in [7, 11) is 0. The fourth-order valence-corrected chi connectivity index (χ4v) is 7.17. The zero-order valence-electron chi connectivity index (χ0n) is 20.0. The zero-order valence-corrected chi connectivity index (χ0v) is 20.0. The van der Waals surface area contributed by atoms with Crippen LogP contribution in [0.15, 0.2) is 0 Å². The first-order valence-corrected chi connectivity index (χ1v) is 12.1. The molecule has 3 heterocycles. The predicted molar refractivity (Wildman–Crippen MR) is 120 cm³/mol. The largest absolute Gasteiger partial charge is 0.379 e. The standard InChI is InChI=1S/C24H47N3O2/c1-19(2)21(26-11-15-28-16-12-26)24(6,20-7-9-25-10-8-20)22(23(3,4)5)27-13-17-29-18-14-27/h19-22,25H,7-18H2,1-6H3. The van der Waals surface area contributed by atoms with Crippen molar-refractivity contribution in [2.24, 2.45) is 22.7 Å². The van der Waals surface area contributed by atoms with Crippen LogP contribution >= 0.6 is 0 Å². The minimum absolute atomic E-state index is 0.219. The maximum absolute atomic E-state index is 5.77. The molecule has 0 bridgehead atoms. The molecule has 0 aromatic carbocycles. The van der Waals surface area contributed by atoms with Crippen LogP contribution in [-0.4, -0.2) is 87.6 Å². The Balaban J connectivity index is 2.05. The second-order valence-electron chi connectivity index (χ2n) is 11.1. The van der Waals surface area contributed by atoms with E-state index in [9.17, 15) is 0 Å². The summed E-state index contributed by atoms with van der Waals surface area (Å²) in [5.41, 5.74) is 0.444. The molecule has 3 saturated heterocycles. The lowest BCUT2D eigenvalue weighted by atomic mass is 9.55. The molecule has 0 radical (unpaired) electrons. The van der Waals surface area contributed by atoms with Gasteiger partial charge in [-0.2, -0.15) is 0 Å². The van der Waals surface area contributed by atoms with Crippen molar-refractivity contribution in [3.63, 3.8) is 0 Å². The predicted octanol–water partition coefficient (Wildman–Crippen LogP) is 3.10. The van der Waals surface area contributed by atoms with Gasteiger partial charge in [-0.05, 0) is 43.2 Å². The fourth-order valence-electron chi connectivity index (χ4n) is 7.17. The van der Waals surface area contributed by atoms with Gasteiger partial charge < -0.3 is 14.8 Å². The number of nitrogens with one attached hydrogen (secondary N) is 1. The van der Waals surface area contributed by atoms with E-state index in [1.165, 1.54) is 12.8 Å². The van der Waals surface area contributed by atoms with E-state index in [4.69, 9.17) is 9.47 Å². The van der Waals surface area contributed by atoms with Gasteiger partial charge in [-0.15, -0.1) is 0 Å². The van der Waals surface area contributed by atoms with Gasteiger partial charge in [0, 0.05) is 43.7 Å². The molecule has 3 fully saturated rings. The van der Waals surface area contributed by atoms with Gasteiger partial charge >= 0.3 is 0 Å². The zero-order chi connectivity index (χ0) is 21.1. The van der Waals surface area contributed by atoms with Crippen LogP contribution in [0.4, 0.5) is 0 Å². The summed E-state index contributed by atoms with van der Waals surface area (Å²) < 4.78 is 11.5. The van der Waals surface area contributed by atoms with Gasteiger partial charge in [0.05, 0.1) is 26.4 Å². The third-order valence-electron chi connectivity index (χ3n) is 7.75. The highest BCUT2D eigenvalue weighted by molar-refractivity contribution is 5.08. The molecule has 3 aliphatic heterocycles. The Morgan fingerprint density at radius 3 is 1.72 bits per heavy atom. The molecule has 0 spiro atoms. The van der Waals surface area contributed by atoms with Gasteiger partial charge in [0.25, 0.3) is 0 Å². The first kappa shape index (κ1) is 23.5. The van der Waals surface area contributed by atoms with Gasteiger partial charge in [-0.1, -0.05) is 41.5 Å². The molecule has 3 atom stereocenters. The van der Waals surface area contributed by atoms with Crippen LogP contribution < -0.4 is 5.32 Å². The quantitative estimate of drug-likeness (QED) is 0.730. The van der Waals surface area contributed by atoms with Crippen LogP contribution in [0, 0.1) is 22.7 Å². The van der Waals surface area contributed by atoms with Crippen LogP contribution in [0.2, 0.25) is 0 Å². The smallest absolute Gasteiger partial charge is 0.0594 e. The molecule has 0 saturated carbocycles.